The molecule has 3 aromatic heterocycles. The number of nitriles is 1. The molecule has 3 heterocycles. The maximum Gasteiger partial charge on any atom is 0.126 e. The smallest absolute Gasteiger partial charge is 0.126 e. The number of nitrogens with zero attached hydrogens (tertiary/aromatic N) is 3. The number of rotatable bonds is 3. The van der Waals surface area contributed by atoms with Gasteiger partial charge in [-0.15, -0.1) is 54.1 Å². The van der Waals surface area contributed by atoms with Crippen LogP contribution >= 0.6 is 0 Å². The van der Waals surface area contributed by atoms with Gasteiger partial charge in [0.1, 0.15) is 5.58 Å². The Bertz CT molecular complexity index is 2480. The monoisotopic (exact) mass is 836 g/mol. The maximum atomic E-state index is 10.1. The van der Waals surface area contributed by atoms with E-state index in [-0.39, 0.29) is 31.4 Å². The van der Waals surface area contributed by atoms with E-state index in [0.29, 0.717) is 5.56 Å². The molecule has 249 valence electrons. The maximum absolute atomic E-state index is 10.1. The van der Waals surface area contributed by atoms with E-state index in [1.54, 1.807) is 6.20 Å². The molecule has 8 aromatic rings. The van der Waals surface area contributed by atoms with Crippen molar-refractivity contribution in [1.82, 2.24) is 9.97 Å². The van der Waals surface area contributed by atoms with Crippen LogP contribution in [-0.4, -0.2) is 9.97 Å². The standard InChI is InChI=1S/C31H17N2O.C15H16N.Ir/c32-18-19-15-16-25-24-12-7-13-26(27-14-5-6-17-33-27)30(24)34-31(25)28(19)29-22-10-3-1-8-20(22)21-9-2-4-11-23(21)29;1-15(2,3)13-9-10-14(16-11-13)12-7-5-4-6-8-12;/h1-12,14-17,29H;4-7,9-11H,1-3H3;/q2*-1;. The van der Waals surface area contributed by atoms with Gasteiger partial charge in [0, 0.05) is 49.4 Å². The van der Waals surface area contributed by atoms with Gasteiger partial charge in [0.2, 0.25) is 0 Å². The van der Waals surface area contributed by atoms with Gasteiger partial charge >= 0.3 is 0 Å². The largest absolute Gasteiger partial charge is 0.500 e. The summed E-state index contributed by atoms with van der Waals surface area (Å²) in [6.45, 7) is 6.58. The fourth-order valence-electron chi connectivity index (χ4n) is 6.93. The van der Waals surface area contributed by atoms with Crippen LogP contribution in [0.15, 0.2) is 144 Å². The Kier molecular flexibility index (Phi) is 9.23. The molecule has 1 aliphatic carbocycles. The number of furan rings is 1. The molecule has 9 rings (SSSR count). The van der Waals surface area contributed by atoms with Crippen LogP contribution in [0.2, 0.25) is 0 Å². The zero-order valence-electron chi connectivity index (χ0n) is 28.4. The molecule has 0 aliphatic heterocycles. The molecule has 0 saturated carbocycles. The fourth-order valence-corrected chi connectivity index (χ4v) is 6.93. The van der Waals surface area contributed by atoms with Crippen molar-refractivity contribution in [3.05, 3.63) is 180 Å². The Morgan fingerprint density at radius 1 is 0.667 bits per heavy atom. The van der Waals surface area contributed by atoms with Crippen LogP contribution in [0.25, 0.3) is 55.6 Å². The fraction of sp³-hybridized carbons (Fsp3) is 0.109. The third-order valence-corrected chi connectivity index (χ3v) is 9.42. The first-order chi connectivity index (χ1) is 24.4. The van der Waals surface area contributed by atoms with Crippen molar-refractivity contribution >= 4 is 21.9 Å². The Balaban J connectivity index is 0.000000202. The summed E-state index contributed by atoms with van der Waals surface area (Å²) in [5, 5.41) is 12.1. The molecule has 5 heteroatoms. The van der Waals surface area contributed by atoms with Crippen molar-refractivity contribution in [1.29, 1.82) is 5.26 Å². The molecule has 0 atom stereocenters. The zero-order valence-corrected chi connectivity index (χ0v) is 30.8. The summed E-state index contributed by atoms with van der Waals surface area (Å²) in [5.41, 5.74) is 12.9. The van der Waals surface area contributed by atoms with E-state index < -0.39 is 0 Å². The van der Waals surface area contributed by atoms with E-state index in [9.17, 15) is 5.26 Å². The molecule has 0 unspecified atom stereocenters. The van der Waals surface area contributed by atoms with Crippen molar-refractivity contribution in [3.8, 4) is 39.7 Å². The van der Waals surface area contributed by atoms with Crippen LogP contribution in [0, 0.1) is 23.5 Å². The Morgan fingerprint density at radius 2 is 1.37 bits per heavy atom. The van der Waals surface area contributed by atoms with E-state index in [0.717, 1.165) is 50.0 Å². The normalized spacial score (nSPS) is 12.0. The van der Waals surface area contributed by atoms with Gasteiger partial charge in [0.15, 0.2) is 0 Å². The van der Waals surface area contributed by atoms with Crippen LogP contribution in [0.5, 0.6) is 0 Å². The third kappa shape index (κ3) is 6.19. The summed E-state index contributed by atoms with van der Waals surface area (Å²) >= 11 is 0. The van der Waals surface area contributed by atoms with Crippen molar-refractivity contribution in [3.63, 3.8) is 0 Å². The summed E-state index contributed by atoms with van der Waals surface area (Å²) in [6.07, 6.45) is 3.73. The van der Waals surface area contributed by atoms with Gasteiger partial charge in [-0.3, -0.25) is 0 Å². The van der Waals surface area contributed by atoms with Crippen LogP contribution < -0.4 is 0 Å². The second kappa shape index (κ2) is 13.9. The van der Waals surface area contributed by atoms with Crippen molar-refractivity contribution in [2.45, 2.75) is 32.1 Å². The van der Waals surface area contributed by atoms with E-state index in [1.165, 1.54) is 27.8 Å². The number of benzene rings is 5. The molecule has 0 amide bonds. The number of fused-ring (bicyclic) bond motifs is 6. The van der Waals surface area contributed by atoms with Crippen LogP contribution in [0.1, 0.15) is 54.5 Å². The summed E-state index contributed by atoms with van der Waals surface area (Å²) in [7, 11) is 0. The summed E-state index contributed by atoms with van der Waals surface area (Å²) in [4.78, 5) is 9.00. The molecule has 4 nitrogen and oxygen atoms in total. The minimum Gasteiger partial charge on any atom is -0.500 e. The van der Waals surface area contributed by atoms with E-state index in [4.69, 9.17) is 4.42 Å². The van der Waals surface area contributed by atoms with E-state index in [2.05, 4.69) is 110 Å². The van der Waals surface area contributed by atoms with Gasteiger partial charge in [0.25, 0.3) is 0 Å². The topological polar surface area (TPSA) is 62.7 Å². The second-order valence-corrected chi connectivity index (χ2v) is 13.5. The number of pyridine rings is 2. The average molecular weight is 836 g/mol. The first-order valence-electron chi connectivity index (χ1n) is 16.8. The molecule has 0 spiro atoms. The number of hydrogen-bond acceptors (Lipinski definition) is 4. The number of aromatic nitrogens is 2. The summed E-state index contributed by atoms with van der Waals surface area (Å²) in [6, 6.07) is 51.6. The Labute approximate surface area is 311 Å². The molecule has 5 aromatic carbocycles. The molecule has 1 aliphatic rings. The molecule has 0 saturated heterocycles. The minimum absolute atomic E-state index is 0. The summed E-state index contributed by atoms with van der Waals surface area (Å²) in [5.74, 6) is -0.0754. The average Bonchev–Trinajstić information content (AvgIpc) is 3.71. The van der Waals surface area contributed by atoms with Gasteiger partial charge in [-0.2, -0.15) is 5.26 Å². The van der Waals surface area contributed by atoms with Crippen LogP contribution in [0.3, 0.4) is 0 Å². The Hall–Kier alpha value is -5.66. The zero-order chi connectivity index (χ0) is 34.2. The van der Waals surface area contributed by atoms with Gasteiger partial charge in [-0.25, -0.2) is 0 Å². The predicted octanol–water partition coefficient (Wildman–Crippen LogP) is 11.3. The van der Waals surface area contributed by atoms with Crippen molar-refractivity contribution in [2.75, 3.05) is 0 Å². The second-order valence-electron chi connectivity index (χ2n) is 13.5. The Morgan fingerprint density at radius 3 is 2.00 bits per heavy atom. The van der Waals surface area contributed by atoms with Crippen LogP contribution in [0.4, 0.5) is 0 Å². The van der Waals surface area contributed by atoms with E-state index >= 15 is 0 Å². The van der Waals surface area contributed by atoms with Gasteiger partial charge in [0.05, 0.1) is 17.2 Å². The van der Waals surface area contributed by atoms with Gasteiger partial charge in [-0.05, 0) is 56.8 Å². The number of hydrogen-bond donors (Lipinski definition) is 0. The van der Waals surface area contributed by atoms with Crippen molar-refractivity contribution < 1.29 is 24.5 Å². The SMILES string of the molecule is CC(C)(C)c1ccc(-c2[c-]cccc2)nc1.N#Cc1ccc2c(oc3c(-c4ccccn4)[c-]ccc32)c1C1c2ccccc2-c2ccccc21.[Ir]. The van der Waals surface area contributed by atoms with Gasteiger partial charge < -0.3 is 14.4 Å². The van der Waals surface area contributed by atoms with Crippen LogP contribution in [-0.2, 0) is 25.5 Å². The quantitative estimate of drug-likeness (QED) is 0.166. The molecule has 1 radical (unpaired) electrons. The molecule has 0 fully saturated rings. The predicted molar refractivity (Wildman–Crippen MR) is 201 cm³/mol. The van der Waals surface area contributed by atoms with Gasteiger partial charge in [-0.1, -0.05) is 111 Å². The molecular formula is C46H33IrN3O-2. The minimum atomic E-state index is -0.0754. The van der Waals surface area contributed by atoms with E-state index in [1.807, 2.05) is 72.9 Å². The third-order valence-electron chi connectivity index (χ3n) is 9.42. The first-order valence-corrected chi connectivity index (χ1v) is 16.8. The molecule has 0 N–H and O–H groups in total. The molecule has 51 heavy (non-hydrogen) atoms. The molecular weight excluding hydrogens is 803 g/mol. The molecule has 0 bridgehead atoms. The summed E-state index contributed by atoms with van der Waals surface area (Å²) < 4.78 is 6.63. The first kappa shape index (κ1) is 33.8. The van der Waals surface area contributed by atoms with Crippen molar-refractivity contribution in [2.24, 2.45) is 0 Å².